The van der Waals surface area contributed by atoms with E-state index in [-0.39, 0.29) is 17.6 Å². The Labute approximate surface area is 209 Å². The lowest BCUT2D eigenvalue weighted by Gasteiger charge is -2.19. The quantitative estimate of drug-likeness (QED) is 0.289. The molecule has 1 amide bonds. The van der Waals surface area contributed by atoms with E-state index in [0.717, 1.165) is 29.4 Å². The van der Waals surface area contributed by atoms with E-state index in [4.69, 9.17) is 9.47 Å². The van der Waals surface area contributed by atoms with E-state index in [1.807, 2.05) is 36.4 Å². The Morgan fingerprint density at radius 2 is 1.58 bits per heavy atom. The maximum absolute atomic E-state index is 12.9. The normalized spacial score (nSPS) is 10.9. The lowest BCUT2D eigenvalue weighted by molar-refractivity contribution is 0.0697. The lowest BCUT2D eigenvalue weighted by Crippen LogP contribution is -2.28. The number of pyridine rings is 1. The van der Waals surface area contributed by atoms with Crippen LogP contribution in [0.3, 0.4) is 0 Å². The van der Waals surface area contributed by atoms with Crippen molar-refractivity contribution in [3.8, 4) is 17.4 Å². The Morgan fingerprint density at radius 1 is 0.917 bits per heavy atom. The number of para-hydroxylation sites is 1. The fourth-order valence-electron chi connectivity index (χ4n) is 3.92. The first-order chi connectivity index (χ1) is 17.4. The zero-order chi connectivity index (χ0) is 25.7. The fourth-order valence-corrected chi connectivity index (χ4v) is 3.92. The summed E-state index contributed by atoms with van der Waals surface area (Å²) in [5.74, 6) is 0.336. The number of amides is 1. The second-order valence-corrected chi connectivity index (χ2v) is 8.40. The molecule has 1 heterocycles. The van der Waals surface area contributed by atoms with Crippen LogP contribution in [-0.2, 0) is 0 Å². The van der Waals surface area contributed by atoms with Crippen LogP contribution in [0.15, 0.2) is 79.0 Å². The van der Waals surface area contributed by atoms with Crippen LogP contribution < -0.4 is 14.4 Å². The van der Waals surface area contributed by atoms with Crippen molar-refractivity contribution in [3.63, 3.8) is 0 Å². The largest absolute Gasteiger partial charge is 0.490 e. The summed E-state index contributed by atoms with van der Waals surface area (Å²) in [4.78, 5) is 30.0. The molecule has 0 saturated carbocycles. The van der Waals surface area contributed by atoms with Gasteiger partial charge in [0.05, 0.1) is 22.9 Å². The van der Waals surface area contributed by atoms with Crippen LogP contribution in [-0.4, -0.2) is 35.1 Å². The molecule has 184 valence electrons. The minimum atomic E-state index is -1.10. The fraction of sp³-hybridized carbons (Fsp3) is 0.207. The zero-order valence-electron chi connectivity index (χ0n) is 20.5. The molecule has 0 atom stereocenters. The number of anilines is 1. The highest BCUT2D eigenvalue weighted by Gasteiger charge is 2.19. The number of aromatic nitrogens is 1. The van der Waals surface area contributed by atoms with Gasteiger partial charge in [-0.2, -0.15) is 0 Å². The van der Waals surface area contributed by atoms with Gasteiger partial charge in [0.1, 0.15) is 11.5 Å². The van der Waals surface area contributed by atoms with Crippen LogP contribution in [0.25, 0.3) is 10.8 Å². The van der Waals surface area contributed by atoms with Gasteiger partial charge in [0, 0.05) is 19.3 Å². The zero-order valence-corrected chi connectivity index (χ0v) is 20.5. The standard InChI is InChI=1S/C29H28N2O5/c1-4-22(5-2)35-23-13-10-20-17-24(14-11-19(20)16-23)36-27-15-12-21(18-30-27)28(32)31(3)26-9-7-6-8-25(26)29(33)34/h6-18,22H,4-5H2,1-3H3,(H,33,34). The van der Waals surface area contributed by atoms with E-state index in [1.165, 1.54) is 24.2 Å². The number of carboxylic acids is 1. The van der Waals surface area contributed by atoms with Crippen molar-refractivity contribution < 1.29 is 24.2 Å². The van der Waals surface area contributed by atoms with Gasteiger partial charge >= 0.3 is 5.97 Å². The third-order valence-corrected chi connectivity index (χ3v) is 6.00. The van der Waals surface area contributed by atoms with Gasteiger partial charge in [0.25, 0.3) is 5.91 Å². The van der Waals surface area contributed by atoms with Crippen molar-refractivity contribution in [2.24, 2.45) is 0 Å². The number of hydrogen-bond donors (Lipinski definition) is 1. The highest BCUT2D eigenvalue weighted by molar-refractivity contribution is 6.08. The van der Waals surface area contributed by atoms with Gasteiger partial charge in [0.2, 0.25) is 5.88 Å². The van der Waals surface area contributed by atoms with E-state index in [9.17, 15) is 14.7 Å². The highest BCUT2D eigenvalue weighted by Crippen LogP contribution is 2.28. The molecule has 4 rings (SSSR count). The van der Waals surface area contributed by atoms with Crippen molar-refractivity contribution in [2.45, 2.75) is 32.8 Å². The molecule has 7 heteroatoms. The van der Waals surface area contributed by atoms with Crippen LogP contribution >= 0.6 is 0 Å². The summed E-state index contributed by atoms with van der Waals surface area (Å²) in [5.41, 5.74) is 0.667. The molecule has 0 fully saturated rings. The molecule has 0 bridgehead atoms. The Hall–Kier alpha value is -4.39. The molecular weight excluding hydrogens is 456 g/mol. The molecule has 0 aliphatic rings. The molecule has 36 heavy (non-hydrogen) atoms. The van der Waals surface area contributed by atoms with Crippen molar-refractivity contribution in [2.75, 3.05) is 11.9 Å². The Bertz CT molecular complexity index is 1380. The molecule has 0 aliphatic carbocycles. The second-order valence-electron chi connectivity index (χ2n) is 8.40. The molecule has 3 aromatic carbocycles. The van der Waals surface area contributed by atoms with Crippen molar-refractivity contribution in [1.29, 1.82) is 0 Å². The molecular formula is C29H28N2O5. The summed E-state index contributed by atoms with van der Waals surface area (Å²) in [5, 5.41) is 11.5. The smallest absolute Gasteiger partial charge is 0.337 e. The number of benzene rings is 3. The third-order valence-electron chi connectivity index (χ3n) is 6.00. The van der Waals surface area contributed by atoms with Crippen LogP contribution in [0.2, 0.25) is 0 Å². The molecule has 4 aromatic rings. The number of aromatic carboxylic acids is 1. The van der Waals surface area contributed by atoms with Gasteiger partial charge in [-0.1, -0.05) is 38.1 Å². The summed E-state index contributed by atoms with van der Waals surface area (Å²) in [6.45, 7) is 4.23. The van der Waals surface area contributed by atoms with Crippen LogP contribution in [0.5, 0.6) is 17.4 Å². The Kier molecular flexibility index (Phi) is 7.49. The first-order valence-electron chi connectivity index (χ1n) is 11.8. The summed E-state index contributed by atoms with van der Waals surface area (Å²) < 4.78 is 11.9. The van der Waals surface area contributed by atoms with Gasteiger partial charge < -0.3 is 19.5 Å². The number of fused-ring (bicyclic) bond motifs is 1. The van der Waals surface area contributed by atoms with E-state index >= 15 is 0 Å². The molecule has 0 unspecified atom stereocenters. The number of carbonyl (C=O) groups is 2. The number of carboxylic acid groups (broad SMARTS) is 1. The predicted octanol–water partition coefficient (Wildman–Crippen LogP) is 6.57. The Morgan fingerprint density at radius 3 is 2.22 bits per heavy atom. The number of hydrogen-bond acceptors (Lipinski definition) is 5. The van der Waals surface area contributed by atoms with Crippen molar-refractivity contribution >= 4 is 28.3 Å². The molecule has 0 radical (unpaired) electrons. The topological polar surface area (TPSA) is 89.0 Å². The number of carbonyl (C=O) groups excluding carboxylic acids is 1. The van der Waals surface area contributed by atoms with Crippen LogP contribution in [0.4, 0.5) is 5.69 Å². The molecule has 1 aromatic heterocycles. The average molecular weight is 485 g/mol. The van der Waals surface area contributed by atoms with Crippen molar-refractivity contribution in [1.82, 2.24) is 4.98 Å². The Balaban J connectivity index is 1.47. The van der Waals surface area contributed by atoms with Crippen LogP contribution in [0, 0.1) is 0 Å². The highest BCUT2D eigenvalue weighted by atomic mass is 16.5. The third kappa shape index (κ3) is 5.46. The van der Waals surface area contributed by atoms with Gasteiger partial charge in [-0.25, -0.2) is 9.78 Å². The summed E-state index contributed by atoms with van der Waals surface area (Å²) in [6.07, 6.45) is 3.55. The van der Waals surface area contributed by atoms with Gasteiger partial charge in [0.15, 0.2) is 0 Å². The van der Waals surface area contributed by atoms with Gasteiger partial charge in [-0.05, 0) is 66.1 Å². The van der Waals surface area contributed by atoms with Gasteiger partial charge in [-0.3, -0.25) is 4.79 Å². The summed E-state index contributed by atoms with van der Waals surface area (Å²) in [6, 6.07) is 21.3. The van der Waals surface area contributed by atoms with E-state index in [2.05, 4.69) is 18.8 Å². The van der Waals surface area contributed by atoms with Gasteiger partial charge in [-0.15, -0.1) is 0 Å². The van der Waals surface area contributed by atoms with E-state index in [0.29, 0.717) is 22.9 Å². The minimum absolute atomic E-state index is 0.0480. The second kappa shape index (κ2) is 10.9. The summed E-state index contributed by atoms with van der Waals surface area (Å²) in [7, 11) is 1.53. The first-order valence-corrected chi connectivity index (χ1v) is 11.8. The minimum Gasteiger partial charge on any atom is -0.490 e. The average Bonchev–Trinajstić information content (AvgIpc) is 2.91. The number of ether oxygens (including phenoxy) is 2. The maximum Gasteiger partial charge on any atom is 0.337 e. The van der Waals surface area contributed by atoms with Crippen molar-refractivity contribution in [3.05, 3.63) is 90.1 Å². The molecule has 7 nitrogen and oxygen atoms in total. The first kappa shape index (κ1) is 24.7. The predicted molar refractivity (Wildman–Crippen MR) is 139 cm³/mol. The van der Waals surface area contributed by atoms with E-state index in [1.54, 1.807) is 30.3 Å². The lowest BCUT2D eigenvalue weighted by atomic mass is 10.1. The monoisotopic (exact) mass is 484 g/mol. The van der Waals surface area contributed by atoms with Crippen LogP contribution in [0.1, 0.15) is 47.4 Å². The molecule has 1 N–H and O–H groups in total. The van der Waals surface area contributed by atoms with E-state index < -0.39 is 5.97 Å². The SMILES string of the molecule is CCC(CC)Oc1ccc2cc(Oc3ccc(C(=O)N(C)c4ccccc4C(=O)O)cn3)ccc2c1. The molecule has 0 aliphatic heterocycles. The summed E-state index contributed by atoms with van der Waals surface area (Å²) >= 11 is 0. The number of nitrogens with zero attached hydrogens (tertiary/aromatic N) is 2. The molecule has 0 saturated heterocycles. The number of rotatable bonds is 9. The maximum atomic E-state index is 12.9. The molecule has 0 spiro atoms.